The minimum Gasteiger partial charge on any atom is -0.481 e. The number of carboxylic acids is 1. The Labute approximate surface area is 158 Å². The molecule has 0 aromatic heterocycles. The fraction of sp³-hybridized carbons (Fsp3) is 0.588. The van der Waals surface area contributed by atoms with E-state index in [-0.39, 0.29) is 24.9 Å². The molecule has 0 spiro atoms. The van der Waals surface area contributed by atoms with Gasteiger partial charge in [0.2, 0.25) is 0 Å². The summed E-state index contributed by atoms with van der Waals surface area (Å²) in [7, 11) is 0. The number of hydrogen-bond acceptors (Lipinski definition) is 2. The quantitative estimate of drug-likeness (QED) is 0.686. The van der Waals surface area contributed by atoms with Gasteiger partial charge in [-0.2, -0.15) is 26.3 Å². The van der Waals surface area contributed by atoms with Gasteiger partial charge in [-0.3, -0.25) is 4.79 Å². The highest BCUT2D eigenvalue weighted by atomic mass is 35.5. The molecule has 0 saturated carbocycles. The molecule has 3 nitrogen and oxygen atoms in total. The van der Waals surface area contributed by atoms with Crippen molar-refractivity contribution in [2.45, 2.75) is 37.5 Å². The Hall–Kier alpha value is -1.48. The zero-order chi connectivity index (χ0) is 19.5. The van der Waals surface area contributed by atoms with Crippen LogP contribution in [0.4, 0.5) is 26.3 Å². The van der Waals surface area contributed by atoms with Gasteiger partial charge >= 0.3 is 18.3 Å². The molecule has 2 atom stereocenters. The van der Waals surface area contributed by atoms with Crippen LogP contribution >= 0.6 is 12.4 Å². The van der Waals surface area contributed by atoms with Gasteiger partial charge in [-0.05, 0) is 36.9 Å². The highest BCUT2D eigenvalue weighted by Gasteiger charge is 2.42. The molecular formula is C17H20ClF6NO2. The van der Waals surface area contributed by atoms with Crippen LogP contribution in [0.3, 0.4) is 0 Å². The summed E-state index contributed by atoms with van der Waals surface area (Å²) in [6, 6.07) is 4.82. The van der Waals surface area contributed by atoms with Crippen LogP contribution in [-0.2, 0) is 11.0 Å². The Balaban J connectivity index is 0.00000364. The minimum absolute atomic E-state index is 0. The molecule has 1 saturated heterocycles. The van der Waals surface area contributed by atoms with Gasteiger partial charge < -0.3 is 10.0 Å². The maximum Gasteiger partial charge on any atom is 0.416 e. The Morgan fingerprint density at radius 2 is 1.89 bits per heavy atom. The molecule has 2 rings (SSSR count). The molecule has 1 fully saturated rings. The number of halogens is 7. The first-order valence-corrected chi connectivity index (χ1v) is 8.15. The average Bonchev–Trinajstić information content (AvgIpc) is 2.53. The second-order valence-electron chi connectivity index (χ2n) is 6.56. The normalized spacial score (nSPS) is 20.0. The molecule has 0 amide bonds. The van der Waals surface area contributed by atoms with Crippen molar-refractivity contribution >= 4 is 18.4 Å². The monoisotopic (exact) mass is 419 g/mol. The van der Waals surface area contributed by atoms with Gasteiger partial charge in [-0.1, -0.05) is 18.2 Å². The Bertz CT molecular complexity index is 635. The van der Waals surface area contributed by atoms with Crippen molar-refractivity contribution in [1.82, 2.24) is 4.90 Å². The molecule has 0 aliphatic carbocycles. The molecule has 0 bridgehead atoms. The number of carboxylic acid groups (broad SMARTS) is 1. The second kappa shape index (κ2) is 9.14. The van der Waals surface area contributed by atoms with Crippen LogP contribution in [0.25, 0.3) is 0 Å². The molecule has 10 heteroatoms. The molecule has 27 heavy (non-hydrogen) atoms. The van der Waals surface area contributed by atoms with Crippen LogP contribution in [0, 0.1) is 5.92 Å². The average molecular weight is 420 g/mol. The lowest BCUT2D eigenvalue weighted by Crippen LogP contribution is -2.42. The lowest BCUT2D eigenvalue weighted by Gasteiger charge is -2.35. The first-order chi connectivity index (χ1) is 12.0. The third-order valence-corrected chi connectivity index (χ3v) is 4.55. The third-order valence-electron chi connectivity index (χ3n) is 4.55. The minimum atomic E-state index is -4.64. The smallest absolute Gasteiger partial charge is 0.416 e. The summed E-state index contributed by atoms with van der Waals surface area (Å²) in [6.07, 6.45) is -9.02. The van der Waals surface area contributed by atoms with Gasteiger partial charge in [0.05, 0.1) is 17.9 Å². The van der Waals surface area contributed by atoms with Crippen molar-refractivity contribution in [2.75, 3.05) is 19.6 Å². The predicted octanol–water partition coefficient (Wildman–Crippen LogP) is 4.96. The van der Waals surface area contributed by atoms with Gasteiger partial charge in [0.1, 0.15) is 0 Å². The molecule has 1 N–H and O–H groups in total. The van der Waals surface area contributed by atoms with E-state index in [9.17, 15) is 31.1 Å². The van der Waals surface area contributed by atoms with Gasteiger partial charge in [-0.15, -0.1) is 12.4 Å². The lowest BCUT2D eigenvalue weighted by molar-refractivity contribution is -0.187. The van der Waals surface area contributed by atoms with Crippen molar-refractivity contribution in [2.24, 2.45) is 5.92 Å². The van der Waals surface area contributed by atoms with Crippen LogP contribution in [0.15, 0.2) is 24.3 Å². The van der Waals surface area contributed by atoms with Crippen molar-refractivity contribution in [3.05, 3.63) is 35.4 Å². The number of carbonyl (C=O) groups is 1. The maximum atomic E-state index is 13.0. The third kappa shape index (κ3) is 6.88. The van der Waals surface area contributed by atoms with Crippen molar-refractivity contribution in [1.29, 1.82) is 0 Å². The van der Waals surface area contributed by atoms with Crippen LogP contribution in [-0.4, -0.2) is 41.8 Å². The zero-order valence-corrected chi connectivity index (χ0v) is 15.0. The Kier molecular flexibility index (Phi) is 7.98. The predicted molar refractivity (Wildman–Crippen MR) is 88.9 cm³/mol. The van der Waals surface area contributed by atoms with Crippen molar-refractivity contribution < 1.29 is 36.2 Å². The van der Waals surface area contributed by atoms with Crippen LogP contribution in [0.5, 0.6) is 0 Å². The van der Waals surface area contributed by atoms with Crippen LogP contribution < -0.4 is 0 Å². The van der Waals surface area contributed by atoms with E-state index in [1.54, 1.807) is 6.07 Å². The first kappa shape index (κ1) is 23.6. The number of hydrogen-bond donors (Lipinski definition) is 1. The molecule has 2 unspecified atom stereocenters. The fourth-order valence-corrected chi connectivity index (χ4v) is 3.27. The number of aliphatic carboxylic acids is 1. The van der Waals surface area contributed by atoms with Gasteiger partial charge in [0, 0.05) is 13.1 Å². The molecule has 1 heterocycles. The summed E-state index contributed by atoms with van der Waals surface area (Å²) in [4.78, 5) is 12.2. The fourth-order valence-electron chi connectivity index (χ4n) is 3.27. The summed E-state index contributed by atoms with van der Waals surface area (Å²) in [5.74, 6) is -3.84. The Morgan fingerprint density at radius 3 is 2.44 bits per heavy atom. The number of likely N-dealkylation sites (tertiary alicyclic amines) is 1. The van der Waals surface area contributed by atoms with Gasteiger partial charge in [0.15, 0.2) is 0 Å². The topological polar surface area (TPSA) is 40.5 Å². The second-order valence-corrected chi connectivity index (χ2v) is 6.56. The van der Waals surface area contributed by atoms with Crippen LogP contribution in [0.2, 0.25) is 0 Å². The number of nitrogens with zero attached hydrogens (tertiary/aromatic N) is 1. The van der Waals surface area contributed by atoms with E-state index < -0.39 is 42.8 Å². The van der Waals surface area contributed by atoms with Crippen molar-refractivity contribution in [3.8, 4) is 0 Å². The molecule has 1 aliphatic rings. The molecular weight excluding hydrogens is 400 g/mol. The van der Waals surface area contributed by atoms with Gasteiger partial charge in [0.25, 0.3) is 0 Å². The number of rotatable bonds is 5. The maximum absolute atomic E-state index is 13.0. The number of benzene rings is 1. The highest BCUT2D eigenvalue weighted by molar-refractivity contribution is 5.85. The summed E-state index contributed by atoms with van der Waals surface area (Å²) in [5.41, 5.74) is -0.350. The highest BCUT2D eigenvalue weighted by Crippen LogP contribution is 2.35. The summed E-state index contributed by atoms with van der Waals surface area (Å²) < 4.78 is 77.6. The molecule has 0 radical (unpaired) electrons. The molecule has 154 valence electrons. The molecule has 1 aromatic rings. The number of piperidine rings is 1. The lowest BCUT2D eigenvalue weighted by atomic mass is 9.89. The van der Waals surface area contributed by atoms with E-state index in [2.05, 4.69) is 0 Å². The van der Waals surface area contributed by atoms with E-state index in [0.717, 1.165) is 12.1 Å². The van der Waals surface area contributed by atoms with E-state index in [4.69, 9.17) is 5.11 Å². The standard InChI is InChI=1S/C17H19F6NO2.ClH/c18-16(19,20)13-5-1-3-11(7-13)12-4-2-6-24(9-12)10-14(8-15(25)26)17(21,22)23;/h1,3,5,7,12,14H,2,4,6,8-10H2,(H,25,26);1H. The zero-order valence-electron chi connectivity index (χ0n) is 14.2. The number of alkyl halides is 6. The van der Waals surface area contributed by atoms with E-state index >= 15 is 0 Å². The molecule has 1 aliphatic heterocycles. The Morgan fingerprint density at radius 1 is 1.22 bits per heavy atom. The summed E-state index contributed by atoms with van der Waals surface area (Å²) in [6.45, 7) is 0.0699. The summed E-state index contributed by atoms with van der Waals surface area (Å²) >= 11 is 0. The van der Waals surface area contributed by atoms with Crippen LogP contribution in [0.1, 0.15) is 36.3 Å². The molecule has 1 aromatic carbocycles. The van der Waals surface area contributed by atoms with E-state index in [0.29, 0.717) is 24.9 Å². The SMILES string of the molecule is Cl.O=C(O)CC(CN1CCCC(c2cccc(C(F)(F)F)c2)C1)C(F)(F)F. The van der Waals surface area contributed by atoms with E-state index in [1.807, 2.05) is 0 Å². The van der Waals surface area contributed by atoms with E-state index in [1.165, 1.54) is 11.0 Å². The van der Waals surface area contributed by atoms with Gasteiger partial charge in [-0.25, -0.2) is 0 Å². The van der Waals surface area contributed by atoms with Crippen molar-refractivity contribution in [3.63, 3.8) is 0 Å². The summed E-state index contributed by atoms with van der Waals surface area (Å²) in [5, 5.41) is 8.69. The largest absolute Gasteiger partial charge is 0.481 e. The first-order valence-electron chi connectivity index (χ1n) is 8.15.